The number of aryl methyl sites for hydroxylation is 1. The normalized spacial score (nSPS) is 22.5. The van der Waals surface area contributed by atoms with E-state index in [2.05, 4.69) is 47.4 Å². The number of amides is 1. The lowest BCUT2D eigenvalue weighted by Gasteiger charge is -2.43. The lowest BCUT2D eigenvalue weighted by molar-refractivity contribution is -0.140. The Kier molecular flexibility index (Phi) is 6.55. The first-order valence-corrected chi connectivity index (χ1v) is 10.3. The Morgan fingerprint density at radius 1 is 1.17 bits per heavy atom. The number of nitrogens with zero attached hydrogens (tertiary/aromatic N) is 1. The van der Waals surface area contributed by atoms with E-state index in [1.54, 1.807) is 7.11 Å². The van der Waals surface area contributed by atoms with Crippen molar-refractivity contribution in [2.24, 2.45) is 11.7 Å². The maximum atomic E-state index is 13.7. The van der Waals surface area contributed by atoms with Gasteiger partial charge < -0.3 is 15.4 Å². The second kappa shape index (κ2) is 8.76. The molecule has 1 aliphatic heterocycles. The van der Waals surface area contributed by atoms with Crippen LogP contribution in [-0.2, 0) is 10.2 Å². The summed E-state index contributed by atoms with van der Waals surface area (Å²) in [5, 5.41) is 0. The molecule has 2 aliphatic rings. The van der Waals surface area contributed by atoms with Gasteiger partial charge in [0.1, 0.15) is 5.75 Å². The van der Waals surface area contributed by atoms with E-state index in [1.807, 2.05) is 13.0 Å². The summed E-state index contributed by atoms with van der Waals surface area (Å²) in [7, 11) is 1.69. The standard InChI is InChI=1S/C24H30N2O2.ClH/c1-17-9-10-20(13-22(17)28-2)24(11-6-12-24)23(27)26-15-19(14-25)21(16-26)18-7-4-3-5-8-18;/h3-5,7-10,13,19,21H,6,11-12,14-16,25H2,1-2H3;1H/t19-,21+;/m1./s1. The third-order valence-electron chi connectivity index (χ3n) is 6.84. The van der Waals surface area contributed by atoms with Crippen LogP contribution in [-0.4, -0.2) is 37.6 Å². The molecular formula is C24H31ClN2O2. The number of carbonyl (C=O) groups is 1. The summed E-state index contributed by atoms with van der Waals surface area (Å²) in [6.07, 6.45) is 2.92. The largest absolute Gasteiger partial charge is 0.496 e. The highest BCUT2D eigenvalue weighted by atomic mass is 35.5. The third kappa shape index (κ3) is 3.76. The lowest BCUT2D eigenvalue weighted by atomic mass is 9.63. The second-order valence-corrected chi connectivity index (χ2v) is 8.34. The predicted molar refractivity (Wildman–Crippen MR) is 119 cm³/mol. The molecule has 2 N–H and O–H groups in total. The molecule has 0 spiro atoms. The summed E-state index contributed by atoms with van der Waals surface area (Å²) in [5.74, 6) is 1.76. The third-order valence-corrected chi connectivity index (χ3v) is 6.84. The number of ether oxygens (including phenoxy) is 1. The number of hydrogen-bond acceptors (Lipinski definition) is 3. The number of carbonyl (C=O) groups excluding carboxylic acids is 1. The van der Waals surface area contributed by atoms with Crippen LogP contribution in [0.3, 0.4) is 0 Å². The minimum absolute atomic E-state index is 0. The number of likely N-dealkylation sites (tertiary alicyclic amines) is 1. The molecule has 4 nitrogen and oxygen atoms in total. The maximum Gasteiger partial charge on any atom is 0.233 e. The van der Waals surface area contributed by atoms with Gasteiger partial charge in [-0.1, -0.05) is 48.9 Å². The molecule has 156 valence electrons. The average Bonchev–Trinajstić information content (AvgIpc) is 3.13. The lowest BCUT2D eigenvalue weighted by Crippen LogP contribution is -2.50. The summed E-state index contributed by atoms with van der Waals surface area (Å²) in [4.78, 5) is 15.8. The summed E-state index contributed by atoms with van der Waals surface area (Å²) < 4.78 is 5.52. The molecule has 1 amide bonds. The maximum absolute atomic E-state index is 13.7. The van der Waals surface area contributed by atoms with E-state index in [1.165, 1.54) is 5.56 Å². The van der Waals surface area contributed by atoms with Gasteiger partial charge in [-0.2, -0.15) is 0 Å². The van der Waals surface area contributed by atoms with E-state index < -0.39 is 5.41 Å². The summed E-state index contributed by atoms with van der Waals surface area (Å²) in [6, 6.07) is 16.7. The Balaban J connectivity index is 0.00000240. The van der Waals surface area contributed by atoms with Crippen LogP contribution in [0.5, 0.6) is 5.75 Å². The molecule has 0 aromatic heterocycles. The SMILES string of the molecule is COc1cc(C2(C(=O)N3C[C@@H](CN)[C@H](c4ccccc4)C3)CCC2)ccc1C.Cl. The van der Waals surface area contributed by atoms with E-state index in [-0.39, 0.29) is 18.3 Å². The fourth-order valence-electron chi connectivity index (χ4n) is 4.93. The van der Waals surface area contributed by atoms with Crippen LogP contribution in [0.1, 0.15) is 41.9 Å². The molecule has 1 aliphatic carbocycles. The van der Waals surface area contributed by atoms with E-state index in [9.17, 15) is 4.79 Å². The van der Waals surface area contributed by atoms with Gasteiger partial charge in [0.05, 0.1) is 12.5 Å². The van der Waals surface area contributed by atoms with Gasteiger partial charge in [0.2, 0.25) is 5.91 Å². The van der Waals surface area contributed by atoms with Crippen LogP contribution in [0.25, 0.3) is 0 Å². The number of benzene rings is 2. The number of rotatable bonds is 5. The summed E-state index contributed by atoms with van der Waals surface area (Å²) >= 11 is 0. The minimum atomic E-state index is -0.397. The van der Waals surface area contributed by atoms with E-state index in [4.69, 9.17) is 10.5 Å². The van der Waals surface area contributed by atoms with Crippen LogP contribution in [0.2, 0.25) is 0 Å². The Labute approximate surface area is 179 Å². The Bertz CT molecular complexity index is 851. The highest BCUT2D eigenvalue weighted by Gasteiger charge is 2.50. The van der Waals surface area contributed by atoms with Crippen LogP contribution in [0, 0.1) is 12.8 Å². The predicted octanol–water partition coefficient (Wildman–Crippen LogP) is 4.05. The van der Waals surface area contributed by atoms with Crippen molar-refractivity contribution >= 4 is 18.3 Å². The second-order valence-electron chi connectivity index (χ2n) is 8.34. The minimum Gasteiger partial charge on any atom is -0.496 e. The van der Waals surface area contributed by atoms with Crippen molar-refractivity contribution in [3.05, 3.63) is 65.2 Å². The highest BCUT2D eigenvalue weighted by Crippen LogP contribution is 2.47. The molecule has 1 saturated heterocycles. The quantitative estimate of drug-likeness (QED) is 0.803. The van der Waals surface area contributed by atoms with Crippen LogP contribution < -0.4 is 10.5 Å². The smallest absolute Gasteiger partial charge is 0.233 e. The first kappa shape index (κ1) is 21.7. The van der Waals surface area contributed by atoms with Crippen LogP contribution in [0.15, 0.2) is 48.5 Å². The van der Waals surface area contributed by atoms with Crippen LogP contribution in [0.4, 0.5) is 0 Å². The van der Waals surface area contributed by atoms with Gasteiger partial charge in [-0.05, 0) is 55.0 Å². The fourth-order valence-corrected chi connectivity index (χ4v) is 4.93. The molecule has 2 fully saturated rings. The first-order valence-electron chi connectivity index (χ1n) is 10.3. The van der Waals surface area contributed by atoms with Gasteiger partial charge >= 0.3 is 0 Å². The molecule has 5 heteroatoms. The van der Waals surface area contributed by atoms with Gasteiger partial charge in [0, 0.05) is 19.0 Å². The topological polar surface area (TPSA) is 55.6 Å². The zero-order chi connectivity index (χ0) is 19.7. The molecule has 1 heterocycles. The van der Waals surface area contributed by atoms with Crippen molar-refractivity contribution < 1.29 is 9.53 Å². The number of nitrogens with two attached hydrogens (primary N) is 1. The van der Waals surface area contributed by atoms with Crippen molar-refractivity contribution in [1.29, 1.82) is 0 Å². The molecule has 4 rings (SSSR count). The van der Waals surface area contributed by atoms with Gasteiger partial charge in [0.25, 0.3) is 0 Å². The number of methoxy groups -OCH3 is 1. The molecule has 2 atom stereocenters. The fraction of sp³-hybridized carbons (Fsp3) is 0.458. The van der Waals surface area contributed by atoms with Crippen molar-refractivity contribution in [2.45, 2.75) is 37.5 Å². The van der Waals surface area contributed by atoms with Crippen molar-refractivity contribution in [3.63, 3.8) is 0 Å². The molecule has 0 bridgehead atoms. The van der Waals surface area contributed by atoms with E-state index in [0.717, 1.165) is 49.2 Å². The summed E-state index contributed by atoms with van der Waals surface area (Å²) in [6.45, 7) is 4.15. The van der Waals surface area contributed by atoms with Crippen molar-refractivity contribution in [2.75, 3.05) is 26.7 Å². The van der Waals surface area contributed by atoms with Gasteiger partial charge in [0.15, 0.2) is 0 Å². The summed E-state index contributed by atoms with van der Waals surface area (Å²) in [5.41, 5.74) is 9.17. The van der Waals surface area contributed by atoms with E-state index >= 15 is 0 Å². The zero-order valence-corrected chi connectivity index (χ0v) is 18.1. The van der Waals surface area contributed by atoms with Crippen LogP contribution >= 0.6 is 12.4 Å². The monoisotopic (exact) mass is 414 g/mol. The highest BCUT2D eigenvalue weighted by molar-refractivity contribution is 5.90. The average molecular weight is 415 g/mol. The Morgan fingerprint density at radius 2 is 1.90 bits per heavy atom. The molecule has 1 saturated carbocycles. The number of halogens is 1. The van der Waals surface area contributed by atoms with E-state index in [0.29, 0.717) is 18.4 Å². The molecular weight excluding hydrogens is 384 g/mol. The zero-order valence-electron chi connectivity index (χ0n) is 17.3. The number of hydrogen-bond donors (Lipinski definition) is 1. The molecule has 2 aromatic rings. The first-order chi connectivity index (χ1) is 13.6. The molecule has 2 aromatic carbocycles. The van der Waals surface area contributed by atoms with Gasteiger partial charge in [-0.3, -0.25) is 4.79 Å². The molecule has 29 heavy (non-hydrogen) atoms. The van der Waals surface area contributed by atoms with Gasteiger partial charge in [-0.15, -0.1) is 12.4 Å². The molecule has 0 unspecified atom stereocenters. The molecule has 0 radical (unpaired) electrons. The Morgan fingerprint density at radius 3 is 2.48 bits per heavy atom. The van der Waals surface area contributed by atoms with Gasteiger partial charge in [-0.25, -0.2) is 0 Å². The van der Waals surface area contributed by atoms with Crippen molar-refractivity contribution in [1.82, 2.24) is 4.90 Å². The Hall–Kier alpha value is -2.04. The van der Waals surface area contributed by atoms with Crippen molar-refractivity contribution in [3.8, 4) is 5.75 Å².